The third kappa shape index (κ3) is 8.98. The molecule has 0 saturated carbocycles. The van der Waals surface area contributed by atoms with Gasteiger partial charge in [-0.25, -0.2) is 4.39 Å². The largest absolute Gasteiger partial charge is 0.384 e. The number of benzene rings is 2. The molecule has 0 bridgehead atoms. The summed E-state index contributed by atoms with van der Waals surface area (Å²) in [5.74, 6) is -1.28. The molecule has 2 amide bonds. The second kappa shape index (κ2) is 13.0. The Hall–Kier alpha value is -3.26. The van der Waals surface area contributed by atoms with Gasteiger partial charge in [-0.2, -0.15) is 0 Å². The van der Waals surface area contributed by atoms with Gasteiger partial charge in [-0.3, -0.25) is 15.0 Å². The fraction of sp³-hybridized carbons (Fsp3) is 0.286. The molecule has 0 fully saturated rings. The number of amides is 2. The summed E-state index contributed by atoms with van der Waals surface area (Å²) in [6.45, 7) is 1.01. The highest BCUT2D eigenvalue weighted by atomic mass is 19.1. The van der Waals surface area contributed by atoms with Gasteiger partial charge in [0.1, 0.15) is 18.6 Å². The van der Waals surface area contributed by atoms with Crippen LogP contribution >= 0.6 is 0 Å². The standard InChI is InChI=1S/C13H18FN5O2.C8H10/c14-5-10(19-11(20)6-15)13(21)18-7-8-1-3-9(4-2-8)12(16)17;1-2-8-6-4-3-5-7-8/h1-4,10H,5-7,15H2,(H3,16,17)(H,18,21)(H,19,20);3-7H,2H2,1H3. The molecule has 1 unspecified atom stereocenters. The zero-order valence-electron chi connectivity index (χ0n) is 16.5. The van der Waals surface area contributed by atoms with Crippen molar-refractivity contribution in [3.8, 4) is 0 Å². The number of nitrogens with one attached hydrogen (secondary N) is 3. The first kappa shape index (κ1) is 23.8. The van der Waals surface area contributed by atoms with E-state index in [0.717, 1.165) is 12.0 Å². The van der Waals surface area contributed by atoms with Crippen molar-refractivity contribution in [2.24, 2.45) is 11.5 Å². The zero-order valence-corrected chi connectivity index (χ0v) is 16.5. The number of hydrogen-bond donors (Lipinski definition) is 5. The van der Waals surface area contributed by atoms with E-state index in [2.05, 4.69) is 41.8 Å². The molecule has 0 aliphatic heterocycles. The van der Waals surface area contributed by atoms with Gasteiger partial charge in [-0.15, -0.1) is 0 Å². The van der Waals surface area contributed by atoms with Crippen molar-refractivity contribution in [1.82, 2.24) is 10.6 Å². The van der Waals surface area contributed by atoms with Crippen molar-refractivity contribution >= 4 is 17.6 Å². The summed E-state index contributed by atoms with van der Waals surface area (Å²) in [5.41, 5.74) is 13.2. The highest BCUT2D eigenvalue weighted by Crippen LogP contribution is 2.03. The molecule has 8 heteroatoms. The SMILES string of the molecule is CCc1ccccc1.N=C(N)c1ccc(CNC(=O)C(CF)NC(=O)CN)cc1. The second-order valence-corrected chi connectivity index (χ2v) is 6.15. The Bertz CT molecular complexity index is 781. The summed E-state index contributed by atoms with van der Waals surface area (Å²) in [6.07, 6.45) is 1.14. The molecule has 7 N–H and O–H groups in total. The van der Waals surface area contributed by atoms with Gasteiger partial charge in [0.15, 0.2) is 0 Å². The molecule has 2 rings (SSSR count). The maximum Gasteiger partial charge on any atom is 0.245 e. The van der Waals surface area contributed by atoms with Crippen molar-refractivity contribution in [3.05, 3.63) is 71.3 Å². The summed E-state index contributed by atoms with van der Waals surface area (Å²) in [7, 11) is 0. The average Bonchev–Trinajstić information content (AvgIpc) is 2.76. The van der Waals surface area contributed by atoms with E-state index in [1.807, 2.05) is 6.07 Å². The van der Waals surface area contributed by atoms with E-state index in [4.69, 9.17) is 16.9 Å². The predicted molar refractivity (Wildman–Crippen MR) is 112 cm³/mol. The molecule has 156 valence electrons. The second-order valence-electron chi connectivity index (χ2n) is 6.15. The first-order valence-electron chi connectivity index (χ1n) is 9.21. The Balaban J connectivity index is 0.000000436. The number of carbonyl (C=O) groups excluding carboxylic acids is 2. The third-order valence-corrected chi connectivity index (χ3v) is 3.97. The van der Waals surface area contributed by atoms with E-state index in [1.54, 1.807) is 24.3 Å². The van der Waals surface area contributed by atoms with Gasteiger partial charge < -0.3 is 22.1 Å². The zero-order chi connectivity index (χ0) is 21.6. The summed E-state index contributed by atoms with van der Waals surface area (Å²) in [6, 6.07) is 15.9. The van der Waals surface area contributed by atoms with E-state index in [9.17, 15) is 14.0 Å². The van der Waals surface area contributed by atoms with Gasteiger partial charge in [0.05, 0.1) is 6.54 Å². The van der Waals surface area contributed by atoms with E-state index < -0.39 is 24.5 Å². The molecule has 29 heavy (non-hydrogen) atoms. The van der Waals surface area contributed by atoms with E-state index >= 15 is 0 Å². The van der Waals surface area contributed by atoms with Gasteiger partial charge in [-0.1, -0.05) is 61.5 Å². The number of nitrogens with two attached hydrogens (primary N) is 2. The fourth-order valence-corrected chi connectivity index (χ4v) is 2.26. The van der Waals surface area contributed by atoms with E-state index in [-0.39, 0.29) is 18.9 Å². The summed E-state index contributed by atoms with van der Waals surface area (Å²) in [4.78, 5) is 22.8. The van der Waals surface area contributed by atoms with Crippen LogP contribution in [0.4, 0.5) is 4.39 Å². The van der Waals surface area contributed by atoms with E-state index in [1.165, 1.54) is 5.56 Å². The quantitative estimate of drug-likeness (QED) is 0.336. The Labute approximate surface area is 170 Å². The van der Waals surface area contributed by atoms with Crippen LogP contribution in [0.2, 0.25) is 0 Å². The molecule has 7 nitrogen and oxygen atoms in total. The molecule has 2 aromatic rings. The minimum Gasteiger partial charge on any atom is -0.384 e. The first-order chi connectivity index (χ1) is 13.9. The Morgan fingerprint density at radius 3 is 2.14 bits per heavy atom. The van der Waals surface area contributed by atoms with Crippen LogP contribution in [0.5, 0.6) is 0 Å². The third-order valence-electron chi connectivity index (χ3n) is 3.97. The van der Waals surface area contributed by atoms with Crippen LogP contribution in [-0.4, -0.2) is 36.9 Å². The molecular weight excluding hydrogens is 373 g/mol. The van der Waals surface area contributed by atoms with Crippen LogP contribution in [0.3, 0.4) is 0 Å². The lowest BCUT2D eigenvalue weighted by Crippen LogP contribution is -2.49. The maximum atomic E-state index is 12.7. The van der Waals surface area contributed by atoms with Crippen molar-refractivity contribution in [2.75, 3.05) is 13.2 Å². The number of aryl methyl sites for hydroxylation is 1. The molecule has 0 heterocycles. The number of amidine groups is 1. The number of hydrogen-bond acceptors (Lipinski definition) is 4. The highest BCUT2D eigenvalue weighted by Gasteiger charge is 2.19. The summed E-state index contributed by atoms with van der Waals surface area (Å²) in [5, 5.41) is 11.9. The molecule has 0 spiro atoms. The van der Waals surface area contributed by atoms with Crippen LogP contribution in [-0.2, 0) is 22.6 Å². The van der Waals surface area contributed by atoms with Gasteiger partial charge in [0, 0.05) is 12.1 Å². The number of nitrogen functional groups attached to an aromatic ring is 1. The molecule has 0 radical (unpaired) electrons. The smallest absolute Gasteiger partial charge is 0.245 e. The molecule has 0 aliphatic rings. The van der Waals surface area contributed by atoms with Gasteiger partial charge >= 0.3 is 0 Å². The molecule has 2 aromatic carbocycles. The van der Waals surface area contributed by atoms with Crippen molar-refractivity contribution in [1.29, 1.82) is 5.41 Å². The monoisotopic (exact) mass is 401 g/mol. The average molecular weight is 401 g/mol. The molecule has 0 aliphatic carbocycles. The number of carbonyl (C=O) groups is 2. The normalized spacial score (nSPS) is 10.9. The lowest BCUT2D eigenvalue weighted by molar-refractivity contribution is -0.128. The van der Waals surface area contributed by atoms with Crippen molar-refractivity contribution < 1.29 is 14.0 Å². The Kier molecular flexibility index (Phi) is 10.7. The fourth-order valence-electron chi connectivity index (χ4n) is 2.26. The molecular formula is C21H28FN5O2. The molecule has 1 atom stereocenters. The Morgan fingerprint density at radius 1 is 1.07 bits per heavy atom. The topological polar surface area (TPSA) is 134 Å². The summed E-state index contributed by atoms with van der Waals surface area (Å²) >= 11 is 0. The van der Waals surface area contributed by atoms with Crippen LogP contribution in [0.25, 0.3) is 0 Å². The van der Waals surface area contributed by atoms with Crippen LogP contribution in [0.15, 0.2) is 54.6 Å². The Morgan fingerprint density at radius 2 is 1.69 bits per heavy atom. The number of halogens is 1. The molecule has 0 saturated heterocycles. The van der Waals surface area contributed by atoms with Crippen molar-refractivity contribution in [2.45, 2.75) is 25.9 Å². The van der Waals surface area contributed by atoms with Gasteiger partial charge in [0.2, 0.25) is 11.8 Å². The van der Waals surface area contributed by atoms with Gasteiger partial charge in [-0.05, 0) is 17.5 Å². The van der Waals surface area contributed by atoms with Crippen LogP contribution in [0.1, 0.15) is 23.6 Å². The minimum atomic E-state index is -1.25. The summed E-state index contributed by atoms with van der Waals surface area (Å²) < 4.78 is 12.7. The first-order valence-corrected chi connectivity index (χ1v) is 9.21. The van der Waals surface area contributed by atoms with E-state index in [0.29, 0.717) is 5.56 Å². The van der Waals surface area contributed by atoms with Crippen LogP contribution in [0, 0.1) is 5.41 Å². The number of rotatable bonds is 8. The van der Waals surface area contributed by atoms with Crippen molar-refractivity contribution in [3.63, 3.8) is 0 Å². The lowest BCUT2D eigenvalue weighted by atomic mass is 10.1. The minimum absolute atomic E-state index is 0.0485. The molecule has 0 aromatic heterocycles. The predicted octanol–water partition coefficient (Wildman–Crippen LogP) is 1.25. The lowest BCUT2D eigenvalue weighted by Gasteiger charge is -2.15. The van der Waals surface area contributed by atoms with Gasteiger partial charge in [0.25, 0.3) is 0 Å². The number of alkyl halides is 1. The maximum absolute atomic E-state index is 12.7. The van der Waals surface area contributed by atoms with Crippen LogP contribution < -0.4 is 22.1 Å². The highest BCUT2D eigenvalue weighted by molar-refractivity contribution is 5.94.